The fraction of sp³-hybridized carbons (Fsp3) is 0.323. The lowest BCUT2D eigenvalue weighted by Crippen LogP contribution is -2.37. The fourth-order valence-corrected chi connectivity index (χ4v) is 6.34. The average molecular weight is 747 g/mol. The molecule has 0 spiro atoms. The number of amides is 1. The lowest BCUT2D eigenvalue weighted by molar-refractivity contribution is -0.599. The number of halogens is 1. The first-order valence-electron chi connectivity index (χ1n) is 13.9. The number of nitrogens with zero attached hydrogens (tertiary/aromatic N) is 5. The molecule has 1 amide bonds. The molecule has 4 rings (SSSR count). The van der Waals surface area contributed by atoms with Crippen molar-refractivity contribution < 1.29 is 27.4 Å². The summed E-state index contributed by atoms with van der Waals surface area (Å²) in [5.74, 6) is -1.03. The van der Waals surface area contributed by atoms with Crippen molar-refractivity contribution in [1.29, 1.82) is 5.26 Å². The highest BCUT2D eigenvalue weighted by atomic mass is 127. The number of nitriles is 1. The summed E-state index contributed by atoms with van der Waals surface area (Å²) in [6.45, 7) is 4.59. The first-order chi connectivity index (χ1) is 21.1. The minimum atomic E-state index is -4.12. The summed E-state index contributed by atoms with van der Waals surface area (Å²) in [6, 6.07) is 11.8. The van der Waals surface area contributed by atoms with Crippen LogP contribution in [0.3, 0.4) is 0 Å². The molecule has 236 valence electrons. The highest BCUT2D eigenvalue weighted by Crippen LogP contribution is 2.39. The molecule has 2 N–H and O–H groups in total. The molecule has 3 aromatic rings. The number of alkyl halides is 1. The van der Waals surface area contributed by atoms with Gasteiger partial charge in [0, 0.05) is 56.5 Å². The number of benzene rings is 1. The van der Waals surface area contributed by atoms with Crippen LogP contribution >= 0.6 is 22.6 Å². The Morgan fingerprint density at radius 1 is 1.18 bits per heavy atom. The van der Waals surface area contributed by atoms with Gasteiger partial charge in [-0.05, 0) is 44.1 Å². The van der Waals surface area contributed by atoms with Gasteiger partial charge in [0.05, 0.1) is 27.2 Å². The average Bonchev–Trinajstić information content (AvgIpc) is 3.22. The lowest BCUT2D eigenvalue weighted by Gasteiger charge is -2.22. The molecule has 1 aromatic carbocycles. The van der Waals surface area contributed by atoms with Gasteiger partial charge >= 0.3 is 5.69 Å². The van der Waals surface area contributed by atoms with E-state index in [4.69, 9.17) is 4.55 Å². The molecule has 0 saturated carbocycles. The summed E-state index contributed by atoms with van der Waals surface area (Å²) in [7, 11) is -1.45. The summed E-state index contributed by atoms with van der Waals surface area (Å²) < 4.78 is 35.5. The van der Waals surface area contributed by atoms with Crippen molar-refractivity contribution in [2.24, 2.45) is 14.1 Å². The smallest absolute Gasteiger partial charge is 0.333 e. The molecule has 0 radical (unpaired) electrons. The second kappa shape index (κ2) is 13.1. The molecule has 1 aliphatic rings. The van der Waals surface area contributed by atoms with Crippen molar-refractivity contribution in [2.45, 2.75) is 32.2 Å². The summed E-state index contributed by atoms with van der Waals surface area (Å²) in [5, 5.41) is 20.3. The van der Waals surface area contributed by atoms with Gasteiger partial charge in [-0.25, -0.2) is 4.79 Å². The maximum Gasteiger partial charge on any atom is 0.333 e. The third kappa shape index (κ3) is 6.95. The van der Waals surface area contributed by atoms with Gasteiger partial charge in [0.25, 0.3) is 15.7 Å². The Labute approximate surface area is 274 Å². The molecule has 0 fully saturated rings. The molecule has 3 heterocycles. The maximum atomic E-state index is 12.6. The first kappa shape index (κ1) is 33.8. The van der Waals surface area contributed by atoms with Crippen LogP contribution in [-0.2, 0) is 41.0 Å². The van der Waals surface area contributed by atoms with Crippen molar-refractivity contribution in [3.05, 3.63) is 97.5 Å². The molecule has 0 aliphatic carbocycles. The minimum Gasteiger partial charge on any atom is -0.494 e. The van der Waals surface area contributed by atoms with Crippen LogP contribution in [0.1, 0.15) is 48.2 Å². The topological polar surface area (TPSA) is 167 Å². The van der Waals surface area contributed by atoms with Crippen LogP contribution in [0.2, 0.25) is 0 Å². The SMILES string of the molecule is Cn1c(O)c(C=CC=C(C#N)c2cc[n+]3c(c2)C(C)(C)c2cc(CN(CCCS(=O)(=O)O)C(=O)CI)ccc2-3)c(=O)n(C)c1=O. The number of pyridine rings is 1. The number of aromatic nitrogens is 3. The van der Waals surface area contributed by atoms with Crippen LogP contribution in [0.15, 0.2) is 58.3 Å². The zero-order chi connectivity index (χ0) is 33.3. The molecule has 0 saturated heterocycles. The number of carbonyl (C=O) groups excluding carboxylic acids is 1. The van der Waals surface area contributed by atoms with Gasteiger partial charge in [0.1, 0.15) is 5.56 Å². The van der Waals surface area contributed by atoms with E-state index in [1.165, 1.54) is 32.3 Å². The minimum absolute atomic E-state index is 0.0813. The number of rotatable bonds is 10. The van der Waals surface area contributed by atoms with Gasteiger partial charge in [0.15, 0.2) is 11.9 Å². The zero-order valence-corrected chi connectivity index (χ0v) is 28.2. The van der Waals surface area contributed by atoms with Crippen LogP contribution in [0, 0.1) is 11.3 Å². The second-order valence-corrected chi connectivity index (χ2v) is 13.6. The van der Waals surface area contributed by atoms with E-state index < -0.39 is 38.4 Å². The number of hydrogen-bond donors (Lipinski definition) is 2. The molecule has 0 atom stereocenters. The molecular weight excluding hydrogens is 713 g/mol. The van der Waals surface area contributed by atoms with Gasteiger partial charge in [-0.15, -0.1) is 0 Å². The van der Waals surface area contributed by atoms with Gasteiger partial charge in [0.2, 0.25) is 17.5 Å². The Balaban J connectivity index is 1.63. The highest BCUT2D eigenvalue weighted by molar-refractivity contribution is 14.1. The third-order valence-electron chi connectivity index (χ3n) is 7.88. The molecule has 1 aliphatic heterocycles. The van der Waals surface area contributed by atoms with E-state index in [1.54, 1.807) is 4.90 Å². The van der Waals surface area contributed by atoms with Crippen LogP contribution in [-0.4, -0.2) is 54.7 Å². The zero-order valence-electron chi connectivity index (χ0n) is 25.2. The Kier molecular flexibility index (Phi) is 9.85. The number of hydrogen-bond acceptors (Lipinski definition) is 7. The van der Waals surface area contributed by atoms with E-state index in [9.17, 15) is 33.2 Å². The fourth-order valence-electron chi connectivity index (χ4n) is 5.37. The maximum absolute atomic E-state index is 12.6. The Morgan fingerprint density at radius 3 is 2.53 bits per heavy atom. The molecular formula is C31H33IN5O7S+. The third-order valence-corrected chi connectivity index (χ3v) is 9.34. The normalized spacial score (nSPS) is 13.8. The quantitative estimate of drug-likeness (QED) is 0.0797. The number of fused-ring (bicyclic) bond motifs is 3. The monoisotopic (exact) mass is 746 g/mol. The Bertz CT molecular complexity index is 2020. The summed E-state index contributed by atoms with van der Waals surface area (Å²) in [5.41, 5.74) is 2.85. The van der Waals surface area contributed by atoms with Crippen molar-refractivity contribution in [3.63, 3.8) is 0 Å². The molecule has 12 nitrogen and oxygen atoms in total. The van der Waals surface area contributed by atoms with E-state index in [0.717, 1.165) is 31.6 Å². The molecule has 45 heavy (non-hydrogen) atoms. The summed E-state index contributed by atoms with van der Waals surface area (Å²) in [4.78, 5) is 38.7. The number of allylic oxidation sites excluding steroid dienone is 3. The second-order valence-electron chi connectivity index (χ2n) is 11.2. The van der Waals surface area contributed by atoms with Crippen molar-refractivity contribution in [3.8, 4) is 17.6 Å². The molecule has 2 aromatic heterocycles. The number of aromatic hydroxyl groups is 1. The standard InChI is InChI=1S/C31H32IN5O7S/c1-31(2)24-15-20(19-36(27(38)17-32)12-6-14-45(42,43)44)9-10-25(24)37-13-11-21(16-26(31)37)22(18-33)7-5-8-23-28(39)34(3)30(41)35(4)29(23)40/h5,7-11,13,15-16H,6,12,14,17,19H2,1-4H3,(H,42,43,44)/p+1. The van der Waals surface area contributed by atoms with Gasteiger partial charge in [-0.2, -0.15) is 18.2 Å². The van der Waals surface area contributed by atoms with E-state index in [1.807, 2.05) is 63.7 Å². The van der Waals surface area contributed by atoms with Crippen molar-refractivity contribution in [2.75, 3.05) is 16.7 Å². The van der Waals surface area contributed by atoms with Crippen LogP contribution in [0.25, 0.3) is 17.3 Å². The predicted molar refractivity (Wildman–Crippen MR) is 177 cm³/mol. The van der Waals surface area contributed by atoms with Crippen LogP contribution in [0.5, 0.6) is 5.88 Å². The van der Waals surface area contributed by atoms with Crippen molar-refractivity contribution >= 4 is 50.3 Å². The van der Waals surface area contributed by atoms with E-state index in [0.29, 0.717) is 11.1 Å². The first-order valence-corrected chi connectivity index (χ1v) is 17.0. The summed E-state index contributed by atoms with van der Waals surface area (Å²) >= 11 is 1.97. The van der Waals surface area contributed by atoms with Gasteiger partial charge < -0.3 is 10.0 Å². The summed E-state index contributed by atoms with van der Waals surface area (Å²) in [6.07, 6.45) is 6.36. The molecule has 14 heteroatoms. The molecule has 0 unspecified atom stereocenters. The number of carbonyl (C=O) groups is 1. The van der Waals surface area contributed by atoms with Crippen LogP contribution < -0.4 is 15.8 Å². The lowest BCUT2D eigenvalue weighted by atomic mass is 9.82. The van der Waals surface area contributed by atoms with E-state index in [2.05, 4.69) is 19.9 Å². The van der Waals surface area contributed by atoms with Gasteiger partial charge in [-0.1, -0.05) is 34.7 Å². The van der Waals surface area contributed by atoms with E-state index >= 15 is 0 Å². The largest absolute Gasteiger partial charge is 0.494 e. The van der Waals surface area contributed by atoms with E-state index in [-0.39, 0.29) is 35.4 Å². The van der Waals surface area contributed by atoms with Crippen LogP contribution in [0.4, 0.5) is 0 Å². The Hall–Kier alpha value is -4.07. The van der Waals surface area contributed by atoms with Gasteiger partial charge in [-0.3, -0.25) is 23.3 Å². The molecule has 0 bridgehead atoms. The van der Waals surface area contributed by atoms with Crippen molar-refractivity contribution in [1.82, 2.24) is 14.0 Å². The highest BCUT2D eigenvalue weighted by Gasteiger charge is 2.44. The Morgan fingerprint density at radius 2 is 1.89 bits per heavy atom. The predicted octanol–water partition coefficient (Wildman–Crippen LogP) is 2.37.